The number of carbonyl (C=O) groups excluding carboxylic acids is 1. The molecule has 5 heteroatoms. The third-order valence-corrected chi connectivity index (χ3v) is 2.40. The minimum Gasteiger partial charge on any atom is -0.352 e. The molecule has 90 valence electrons. The number of nitrogens with two attached hydrogens (primary N) is 1. The van der Waals surface area contributed by atoms with E-state index in [-0.39, 0.29) is 5.91 Å². The molecule has 5 nitrogen and oxygen atoms in total. The number of aromatic nitrogens is 2. The fraction of sp³-hybridized carbons (Fsp3) is 0.636. The highest BCUT2D eigenvalue weighted by Gasteiger charge is 2.13. The Morgan fingerprint density at radius 2 is 2.31 bits per heavy atom. The van der Waals surface area contributed by atoms with Crippen LogP contribution in [0.25, 0.3) is 0 Å². The van der Waals surface area contributed by atoms with Crippen LogP contribution in [0.4, 0.5) is 0 Å². The maximum absolute atomic E-state index is 11.8. The standard InChI is InChI=1S/C11H20N4O/c1-3-10-9(8-15(2)14-10)11(16)13-7-5-4-6-12/h8H,3-7,12H2,1-2H3,(H,13,16). The second kappa shape index (κ2) is 6.27. The maximum atomic E-state index is 11.8. The Balaban J connectivity index is 2.51. The van der Waals surface area contributed by atoms with Crippen molar-refractivity contribution in [3.63, 3.8) is 0 Å². The van der Waals surface area contributed by atoms with Crippen molar-refractivity contribution in [3.05, 3.63) is 17.5 Å². The van der Waals surface area contributed by atoms with E-state index in [1.807, 2.05) is 14.0 Å². The number of unbranched alkanes of at least 4 members (excludes halogenated alkanes) is 1. The van der Waals surface area contributed by atoms with E-state index in [2.05, 4.69) is 10.4 Å². The summed E-state index contributed by atoms with van der Waals surface area (Å²) >= 11 is 0. The first-order valence-corrected chi connectivity index (χ1v) is 5.69. The van der Waals surface area contributed by atoms with Gasteiger partial charge in [-0.2, -0.15) is 5.10 Å². The van der Waals surface area contributed by atoms with Gasteiger partial charge in [-0.1, -0.05) is 6.92 Å². The summed E-state index contributed by atoms with van der Waals surface area (Å²) in [6.07, 6.45) is 4.39. The van der Waals surface area contributed by atoms with Gasteiger partial charge in [0.1, 0.15) is 0 Å². The van der Waals surface area contributed by atoms with Crippen LogP contribution in [0.2, 0.25) is 0 Å². The summed E-state index contributed by atoms with van der Waals surface area (Å²) in [4.78, 5) is 11.8. The molecule has 0 saturated carbocycles. The summed E-state index contributed by atoms with van der Waals surface area (Å²) < 4.78 is 1.67. The molecule has 1 heterocycles. The Labute approximate surface area is 96.0 Å². The molecule has 0 aliphatic heterocycles. The van der Waals surface area contributed by atoms with Crippen LogP contribution >= 0.6 is 0 Å². The molecule has 0 unspecified atom stereocenters. The van der Waals surface area contributed by atoms with Crippen molar-refractivity contribution in [1.82, 2.24) is 15.1 Å². The third kappa shape index (κ3) is 3.34. The van der Waals surface area contributed by atoms with Gasteiger partial charge in [0.25, 0.3) is 5.91 Å². The molecule has 0 atom stereocenters. The monoisotopic (exact) mass is 224 g/mol. The van der Waals surface area contributed by atoms with Crippen molar-refractivity contribution < 1.29 is 4.79 Å². The average molecular weight is 224 g/mol. The van der Waals surface area contributed by atoms with Crippen molar-refractivity contribution in [2.75, 3.05) is 13.1 Å². The summed E-state index contributed by atoms with van der Waals surface area (Å²) in [5, 5.41) is 7.10. The molecular weight excluding hydrogens is 204 g/mol. The zero-order valence-electron chi connectivity index (χ0n) is 9.99. The topological polar surface area (TPSA) is 72.9 Å². The first-order valence-electron chi connectivity index (χ1n) is 5.69. The molecule has 1 rings (SSSR count). The summed E-state index contributed by atoms with van der Waals surface area (Å²) in [6.45, 7) is 3.34. The Kier molecular flexibility index (Phi) is 4.98. The van der Waals surface area contributed by atoms with Crippen LogP contribution in [0.5, 0.6) is 0 Å². The van der Waals surface area contributed by atoms with Crippen molar-refractivity contribution >= 4 is 5.91 Å². The van der Waals surface area contributed by atoms with Gasteiger partial charge < -0.3 is 11.1 Å². The van der Waals surface area contributed by atoms with Crippen LogP contribution in [0.15, 0.2) is 6.20 Å². The van der Waals surface area contributed by atoms with E-state index in [0.29, 0.717) is 18.7 Å². The summed E-state index contributed by atoms with van der Waals surface area (Å²) in [6, 6.07) is 0. The largest absolute Gasteiger partial charge is 0.352 e. The number of aryl methyl sites for hydroxylation is 2. The molecule has 0 fully saturated rings. The Bertz CT molecular complexity index is 346. The average Bonchev–Trinajstić information content (AvgIpc) is 2.65. The molecule has 0 saturated heterocycles. The lowest BCUT2D eigenvalue weighted by Gasteiger charge is -2.03. The van der Waals surface area contributed by atoms with Crippen molar-refractivity contribution in [1.29, 1.82) is 0 Å². The van der Waals surface area contributed by atoms with E-state index in [0.717, 1.165) is 25.0 Å². The zero-order valence-corrected chi connectivity index (χ0v) is 9.99. The third-order valence-electron chi connectivity index (χ3n) is 2.40. The minimum atomic E-state index is -0.0398. The molecule has 1 aromatic heterocycles. The molecule has 0 radical (unpaired) electrons. The predicted octanol–water partition coefficient (Wildman–Crippen LogP) is 0.451. The van der Waals surface area contributed by atoms with E-state index in [9.17, 15) is 4.79 Å². The fourth-order valence-electron chi connectivity index (χ4n) is 1.55. The van der Waals surface area contributed by atoms with E-state index in [1.165, 1.54) is 0 Å². The SMILES string of the molecule is CCc1nn(C)cc1C(=O)NCCCCN. The van der Waals surface area contributed by atoms with Crippen LogP contribution in [-0.4, -0.2) is 28.8 Å². The predicted molar refractivity (Wildman–Crippen MR) is 63.2 cm³/mol. The maximum Gasteiger partial charge on any atom is 0.254 e. The van der Waals surface area contributed by atoms with Crippen LogP contribution < -0.4 is 11.1 Å². The normalized spacial score (nSPS) is 10.4. The van der Waals surface area contributed by atoms with Crippen LogP contribution in [0.1, 0.15) is 35.8 Å². The van der Waals surface area contributed by atoms with Crippen LogP contribution in [-0.2, 0) is 13.5 Å². The van der Waals surface area contributed by atoms with Gasteiger partial charge in [-0.25, -0.2) is 0 Å². The molecule has 0 bridgehead atoms. The zero-order chi connectivity index (χ0) is 12.0. The Morgan fingerprint density at radius 1 is 1.56 bits per heavy atom. The molecular formula is C11H20N4O. The van der Waals surface area contributed by atoms with Gasteiger partial charge in [-0.05, 0) is 25.8 Å². The van der Waals surface area contributed by atoms with Gasteiger partial charge in [-0.3, -0.25) is 9.48 Å². The number of hydrogen-bond acceptors (Lipinski definition) is 3. The molecule has 1 aromatic rings. The second-order valence-electron chi connectivity index (χ2n) is 3.77. The smallest absolute Gasteiger partial charge is 0.254 e. The minimum absolute atomic E-state index is 0.0398. The highest BCUT2D eigenvalue weighted by Crippen LogP contribution is 2.06. The molecule has 0 aliphatic carbocycles. The van der Waals surface area contributed by atoms with Gasteiger partial charge in [0.2, 0.25) is 0 Å². The van der Waals surface area contributed by atoms with E-state index >= 15 is 0 Å². The number of carbonyl (C=O) groups is 1. The highest BCUT2D eigenvalue weighted by molar-refractivity contribution is 5.95. The number of hydrogen-bond donors (Lipinski definition) is 2. The summed E-state index contributed by atoms with van der Waals surface area (Å²) in [5.41, 5.74) is 6.90. The molecule has 1 amide bonds. The van der Waals surface area contributed by atoms with Gasteiger partial charge >= 0.3 is 0 Å². The van der Waals surface area contributed by atoms with Gasteiger partial charge in [0.15, 0.2) is 0 Å². The molecule has 3 N–H and O–H groups in total. The van der Waals surface area contributed by atoms with E-state index in [1.54, 1.807) is 10.9 Å². The van der Waals surface area contributed by atoms with Gasteiger partial charge in [-0.15, -0.1) is 0 Å². The molecule has 16 heavy (non-hydrogen) atoms. The van der Waals surface area contributed by atoms with E-state index in [4.69, 9.17) is 5.73 Å². The summed E-state index contributed by atoms with van der Waals surface area (Å²) in [7, 11) is 1.82. The lowest BCUT2D eigenvalue weighted by molar-refractivity contribution is 0.0952. The lowest BCUT2D eigenvalue weighted by atomic mass is 10.2. The summed E-state index contributed by atoms with van der Waals surface area (Å²) in [5.74, 6) is -0.0398. The Hall–Kier alpha value is -1.36. The first kappa shape index (κ1) is 12.7. The van der Waals surface area contributed by atoms with E-state index < -0.39 is 0 Å². The van der Waals surface area contributed by atoms with Crippen molar-refractivity contribution in [2.45, 2.75) is 26.2 Å². The molecule has 0 aliphatic rings. The number of nitrogens with zero attached hydrogens (tertiary/aromatic N) is 2. The first-order chi connectivity index (χ1) is 7.69. The van der Waals surface area contributed by atoms with Crippen molar-refractivity contribution in [3.8, 4) is 0 Å². The number of nitrogens with one attached hydrogen (secondary N) is 1. The van der Waals surface area contributed by atoms with Crippen molar-refractivity contribution in [2.24, 2.45) is 12.8 Å². The van der Waals surface area contributed by atoms with Gasteiger partial charge in [0.05, 0.1) is 11.3 Å². The highest BCUT2D eigenvalue weighted by atomic mass is 16.1. The van der Waals surface area contributed by atoms with Crippen LogP contribution in [0.3, 0.4) is 0 Å². The Morgan fingerprint density at radius 3 is 2.94 bits per heavy atom. The molecule has 0 spiro atoms. The molecule has 0 aromatic carbocycles. The number of amides is 1. The second-order valence-corrected chi connectivity index (χ2v) is 3.77. The fourth-order valence-corrected chi connectivity index (χ4v) is 1.55. The van der Waals surface area contributed by atoms with Crippen LogP contribution in [0, 0.1) is 0 Å². The van der Waals surface area contributed by atoms with Gasteiger partial charge in [0, 0.05) is 19.8 Å². The number of rotatable bonds is 6. The lowest BCUT2D eigenvalue weighted by Crippen LogP contribution is -2.25. The quantitative estimate of drug-likeness (QED) is 0.689.